The zero-order valence-corrected chi connectivity index (χ0v) is 10.8. The van der Waals surface area contributed by atoms with Crippen LogP contribution in [0.5, 0.6) is 0 Å². The van der Waals surface area contributed by atoms with Crippen molar-refractivity contribution in [2.75, 3.05) is 12.4 Å². The van der Waals surface area contributed by atoms with Gasteiger partial charge < -0.3 is 5.32 Å². The second kappa shape index (κ2) is 6.19. The molecule has 0 fully saturated rings. The van der Waals surface area contributed by atoms with E-state index in [1.54, 1.807) is 0 Å². The molecule has 2 heteroatoms. The Balaban J connectivity index is 2.72. The molecule has 0 atom stereocenters. The first kappa shape index (κ1) is 12.6. The fourth-order valence-corrected chi connectivity index (χ4v) is 1.78. The van der Waals surface area contributed by atoms with Crippen LogP contribution in [0.3, 0.4) is 0 Å². The summed E-state index contributed by atoms with van der Waals surface area (Å²) in [5.41, 5.74) is 4.28. The summed E-state index contributed by atoms with van der Waals surface area (Å²) >= 11 is 4.13. The molecule has 0 unspecified atom stereocenters. The predicted octanol–water partition coefficient (Wildman–Crippen LogP) is 3.14. The Kier molecular flexibility index (Phi) is 5.20. The predicted molar refractivity (Wildman–Crippen MR) is 70.8 cm³/mol. The third kappa shape index (κ3) is 3.88. The van der Waals surface area contributed by atoms with Crippen LogP contribution < -0.4 is 5.32 Å². The highest BCUT2D eigenvalue weighted by molar-refractivity contribution is 7.80. The van der Waals surface area contributed by atoms with Crippen molar-refractivity contribution in [3.8, 4) is 0 Å². The van der Waals surface area contributed by atoms with Gasteiger partial charge in [-0.15, -0.1) is 0 Å². The molecular formula is C13H21NS. The standard InChI is InChI=1S/C13H21NS/c1-10(2)12-5-4-11(3)13(8-12)6-7-14-9-15/h4-5,8,10,14-15H,6-7,9H2,1-3H3. The van der Waals surface area contributed by atoms with E-state index in [0.717, 1.165) is 18.8 Å². The lowest BCUT2D eigenvalue weighted by molar-refractivity contribution is 0.770. The van der Waals surface area contributed by atoms with Gasteiger partial charge in [-0.3, -0.25) is 0 Å². The maximum Gasteiger partial charge on any atom is 0.0387 e. The van der Waals surface area contributed by atoms with Crippen molar-refractivity contribution in [1.82, 2.24) is 5.32 Å². The van der Waals surface area contributed by atoms with Gasteiger partial charge in [0.15, 0.2) is 0 Å². The van der Waals surface area contributed by atoms with Gasteiger partial charge in [-0.25, -0.2) is 0 Å². The van der Waals surface area contributed by atoms with Gasteiger partial charge in [0.1, 0.15) is 0 Å². The second-order valence-electron chi connectivity index (χ2n) is 4.25. The van der Waals surface area contributed by atoms with Crippen molar-refractivity contribution in [1.29, 1.82) is 0 Å². The Morgan fingerprint density at radius 2 is 2.07 bits per heavy atom. The third-order valence-electron chi connectivity index (χ3n) is 2.72. The Morgan fingerprint density at radius 3 is 2.67 bits per heavy atom. The Bertz CT molecular complexity index is 307. The molecule has 0 aliphatic carbocycles. The lowest BCUT2D eigenvalue weighted by Crippen LogP contribution is -2.15. The van der Waals surface area contributed by atoms with Crippen LogP contribution in [0.1, 0.15) is 36.5 Å². The van der Waals surface area contributed by atoms with Gasteiger partial charge in [-0.1, -0.05) is 32.0 Å². The first-order valence-corrected chi connectivity index (χ1v) is 6.19. The van der Waals surface area contributed by atoms with E-state index in [1.807, 2.05) is 0 Å². The fourth-order valence-electron chi connectivity index (χ4n) is 1.62. The summed E-state index contributed by atoms with van der Waals surface area (Å²) in [5.74, 6) is 1.37. The number of hydrogen-bond donors (Lipinski definition) is 2. The first-order valence-electron chi connectivity index (χ1n) is 5.56. The van der Waals surface area contributed by atoms with Gasteiger partial charge in [0, 0.05) is 5.88 Å². The monoisotopic (exact) mass is 223 g/mol. The molecule has 0 spiro atoms. The van der Waals surface area contributed by atoms with Crippen LogP contribution in [0.15, 0.2) is 18.2 Å². The SMILES string of the molecule is Cc1ccc(C(C)C)cc1CCNCS. The minimum atomic E-state index is 0.613. The molecule has 15 heavy (non-hydrogen) atoms. The Labute approximate surface area is 98.7 Å². The smallest absolute Gasteiger partial charge is 0.0387 e. The molecule has 0 aliphatic heterocycles. The van der Waals surface area contributed by atoms with Gasteiger partial charge in [0.25, 0.3) is 0 Å². The van der Waals surface area contributed by atoms with Gasteiger partial charge >= 0.3 is 0 Å². The molecule has 84 valence electrons. The summed E-state index contributed by atoms with van der Waals surface area (Å²) in [4.78, 5) is 0. The summed E-state index contributed by atoms with van der Waals surface area (Å²) in [6.07, 6.45) is 1.09. The second-order valence-corrected chi connectivity index (χ2v) is 4.56. The molecular weight excluding hydrogens is 202 g/mol. The van der Waals surface area contributed by atoms with E-state index in [4.69, 9.17) is 0 Å². The third-order valence-corrected chi connectivity index (χ3v) is 2.95. The van der Waals surface area contributed by atoms with Crippen LogP contribution in [0.4, 0.5) is 0 Å². The minimum Gasteiger partial charge on any atom is -0.308 e. The van der Waals surface area contributed by atoms with E-state index in [9.17, 15) is 0 Å². The van der Waals surface area contributed by atoms with Crippen LogP contribution in [0, 0.1) is 6.92 Å². The van der Waals surface area contributed by atoms with Crippen molar-refractivity contribution in [3.05, 3.63) is 34.9 Å². The van der Waals surface area contributed by atoms with Crippen LogP contribution >= 0.6 is 12.6 Å². The fraction of sp³-hybridized carbons (Fsp3) is 0.538. The maximum absolute atomic E-state index is 4.13. The molecule has 1 N–H and O–H groups in total. The highest BCUT2D eigenvalue weighted by Crippen LogP contribution is 2.18. The summed E-state index contributed by atoms with van der Waals surface area (Å²) in [6, 6.07) is 6.79. The number of benzene rings is 1. The van der Waals surface area contributed by atoms with E-state index in [-0.39, 0.29) is 0 Å². The van der Waals surface area contributed by atoms with Crippen molar-refractivity contribution in [3.63, 3.8) is 0 Å². The minimum absolute atomic E-state index is 0.613. The van der Waals surface area contributed by atoms with E-state index >= 15 is 0 Å². The zero-order chi connectivity index (χ0) is 11.3. The highest BCUT2D eigenvalue weighted by Gasteiger charge is 2.03. The zero-order valence-electron chi connectivity index (χ0n) is 9.88. The van der Waals surface area contributed by atoms with Gasteiger partial charge in [0.2, 0.25) is 0 Å². The molecule has 1 aromatic carbocycles. The summed E-state index contributed by atoms with van der Waals surface area (Å²) in [5, 5.41) is 3.24. The van der Waals surface area contributed by atoms with Crippen LogP contribution in [0.2, 0.25) is 0 Å². The average Bonchev–Trinajstić information content (AvgIpc) is 2.20. The molecule has 0 saturated carbocycles. The summed E-state index contributed by atoms with van der Waals surface area (Å²) < 4.78 is 0. The molecule has 0 radical (unpaired) electrons. The molecule has 1 aromatic rings. The van der Waals surface area contributed by atoms with Crippen molar-refractivity contribution >= 4 is 12.6 Å². The molecule has 0 heterocycles. The number of nitrogens with one attached hydrogen (secondary N) is 1. The lowest BCUT2D eigenvalue weighted by atomic mass is 9.96. The number of hydrogen-bond acceptors (Lipinski definition) is 2. The molecule has 0 aromatic heterocycles. The van der Waals surface area contributed by atoms with E-state index in [1.165, 1.54) is 16.7 Å². The average molecular weight is 223 g/mol. The summed E-state index contributed by atoms with van der Waals surface area (Å²) in [7, 11) is 0. The Morgan fingerprint density at radius 1 is 1.33 bits per heavy atom. The lowest BCUT2D eigenvalue weighted by Gasteiger charge is -2.11. The Hall–Kier alpha value is -0.470. The maximum atomic E-state index is 4.13. The molecule has 0 amide bonds. The normalized spacial score (nSPS) is 11.0. The quantitative estimate of drug-likeness (QED) is 0.444. The molecule has 1 nitrogen and oxygen atoms in total. The van der Waals surface area contributed by atoms with E-state index < -0.39 is 0 Å². The number of rotatable bonds is 5. The number of thiol groups is 1. The van der Waals surface area contributed by atoms with Gasteiger partial charge in [-0.2, -0.15) is 12.6 Å². The first-order chi connectivity index (χ1) is 7.15. The van der Waals surface area contributed by atoms with E-state index in [2.05, 4.69) is 56.9 Å². The van der Waals surface area contributed by atoms with E-state index in [0.29, 0.717) is 5.92 Å². The van der Waals surface area contributed by atoms with Crippen molar-refractivity contribution < 1.29 is 0 Å². The van der Waals surface area contributed by atoms with Gasteiger partial charge in [0.05, 0.1) is 0 Å². The van der Waals surface area contributed by atoms with Crippen molar-refractivity contribution in [2.45, 2.75) is 33.1 Å². The number of aryl methyl sites for hydroxylation is 1. The molecule has 0 saturated heterocycles. The van der Waals surface area contributed by atoms with Crippen molar-refractivity contribution in [2.24, 2.45) is 0 Å². The van der Waals surface area contributed by atoms with Crippen LogP contribution in [0.25, 0.3) is 0 Å². The highest BCUT2D eigenvalue weighted by atomic mass is 32.1. The largest absolute Gasteiger partial charge is 0.308 e. The van der Waals surface area contributed by atoms with Gasteiger partial charge in [-0.05, 0) is 42.5 Å². The van der Waals surface area contributed by atoms with Crippen LogP contribution in [-0.4, -0.2) is 12.4 Å². The molecule has 1 rings (SSSR count). The van der Waals surface area contributed by atoms with Crippen LogP contribution in [-0.2, 0) is 6.42 Å². The molecule has 0 aliphatic rings. The molecule has 0 bridgehead atoms. The topological polar surface area (TPSA) is 12.0 Å². The summed E-state index contributed by atoms with van der Waals surface area (Å²) in [6.45, 7) is 7.66.